The summed E-state index contributed by atoms with van der Waals surface area (Å²) in [7, 11) is 2.29. The van der Waals surface area contributed by atoms with Crippen molar-refractivity contribution in [1.29, 1.82) is 0 Å². The van der Waals surface area contributed by atoms with E-state index in [9.17, 15) is 0 Å². The molecule has 10 rings (SSSR count). The standard InChI is InChI=1S/C43H41BN2/c1-42-22-11-12-23-43(42,2)46-38-27-32(30-18-13-17-29(24-30)28-14-5-4-6-15-28)26-37-40(38)44(34-20-9-10-21-36(34)45(37)3)35-25-31-16-7-8-19-33(31)39(42)41(35)46/h4-6,9-10,13-15,17-18,20-21,24-27H,7-8,11-12,16,19,22-23H2,1-3H3. The molecular formula is C43H41BN2. The third kappa shape index (κ3) is 3.34. The minimum absolute atomic E-state index is 0.0493. The minimum Gasteiger partial charge on any atom is -0.345 e. The number of rotatable bonds is 2. The first-order valence-corrected chi connectivity index (χ1v) is 17.6. The predicted molar refractivity (Wildman–Crippen MR) is 196 cm³/mol. The Balaban J connectivity index is 1.29. The molecule has 0 radical (unpaired) electrons. The highest BCUT2D eigenvalue weighted by molar-refractivity contribution is 7.00. The van der Waals surface area contributed by atoms with Gasteiger partial charge in [-0.25, -0.2) is 0 Å². The normalized spacial score (nSPS) is 23.3. The molecule has 0 N–H and O–H groups in total. The van der Waals surface area contributed by atoms with E-state index in [0.717, 1.165) is 0 Å². The summed E-state index contributed by atoms with van der Waals surface area (Å²) in [6.07, 6.45) is 10.3. The maximum atomic E-state index is 2.91. The third-order valence-corrected chi connectivity index (χ3v) is 13.0. The third-order valence-electron chi connectivity index (χ3n) is 13.0. The molecular weight excluding hydrogens is 555 g/mol. The van der Waals surface area contributed by atoms with Crippen LogP contribution in [0, 0.1) is 0 Å². The maximum Gasteiger partial charge on any atom is 0.252 e. The molecule has 2 unspecified atom stereocenters. The van der Waals surface area contributed by atoms with E-state index in [0.29, 0.717) is 0 Å². The van der Waals surface area contributed by atoms with Crippen LogP contribution in [0.2, 0.25) is 0 Å². The summed E-state index contributed by atoms with van der Waals surface area (Å²) in [5, 5.41) is 0. The molecule has 0 saturated heterocycles. The highest BCUT2D eigenvalue weighted by Gasteiger charge is 2.62. The summed E-state index contributed by atoms with van der Waals surface area (Å²) in [5.41, 5.74) is 20.7. The second-order valence-corrected chi connectivity index (χ2v) is 15.1. The number of nitrogens with zero attached hydrogens (tertiary/aromatic N) is 2. The zero-order chi connectivity index (χ0) is 30.8. The van der Waals surface area contributed by atoms with Gasteiger partial charge in [0.25, 0.3) is 6.71 Å². The molecule has 3 aliphatic heterocycles. The highest BCUT2D eigenvalue weighted by Crippen LogP contribution is 2.63. The van der Waals surface area contributed by atoms with Crippen LogP contribution < -0.4 is 26.2 Å². The van der Waals surface area contributed by atoms with Crippen molar-refractivity contribution in [3.05, 3.63) is 114 Å². The van der Waals surface area contributed by atoms with E-state index >= 15 is 0 Å². The lowest BCUT2D eigenvalue weighted by Crippen LogP contribution is -2.64. The number of para-hydroxylation sites is 1. The van der Waals surface area contributed by atoms with E-state index < -0.39 is 0 Å². The average molecular weight is 597 g/mol. The minimum atomic E-state index is 0.0493. The van der Waals surface area contributed by atoms with E-state index in [1.165, 1.54) is 102 Å². The van der Waals surface area contributed by atoms with Crippen molar-refractivity contribution in [2.24, 2.45) is 0 Å². The van der Waals surface area contributed by atoms with Crippen molar-refractivity contribution >= 4 is 45.9 Å². The van der Waals surface area contributed by atoms with Crippen molar-refractivity contribution in [2.75, 3.05) is 16.8 Å². The Labute approximate surface area is 274 Å². The van der Waals surface area contributed by atoms with Crippen molar-refractivity contribution in [3.8, 4) is 22.3 Å². The Kier molecular flexibility index (Phi) is 5.51. The van der Waals surface area contributed by atoms with Crippen LogP contribution in [0.15, 0.2) is 97.1 Å². The first-order valence-electron chi connectivity index (χ1n) is 17.6. The van der Waals surface area contributed by atoms with Crippen LogP contribution in [0.25, 0.3) is 22.3 Å². The second-order valence-electron chi connectivity index (χ2n) is 15.1. The molecule has 0 spiro atoms. The van der Waals surface area contributed by atoms with E-state index in [2.05, 4.69) is 128 Å². The second kappa shape index (κ2) is 9.41. The average Bonchev–Trinajstić information content (AvgIpc) is 3.33. The smallest absolute Gasteiger partial charge is 0.252 e. The molecule has 3 heteroatoms. The molecule has 5 aromatic carbocycles. The Bertz CT molecular complexity index is 2080. The Morgan fingerprint density at radius 1 is 0.609 bits per heavy atom. The van der Waals surface area contributed by atoms with Gasteiger partial charge in [0.2, 0.25) is 0 Å². The summed E-state index contributed by atoms with van der Waals surface area (Å²) < 4.78 is 0. The largest absolute Gasteiger partial charge is 0.345 e. The first-order chi connectivity index (χ1) is 22.5. The molecule has 0 aromatic heterocycles. The topological polar surface area (TPSA) is 6.48 Å². The molecule has 3 heterocycles. The van der Waals surface area contributed by atoms with Gasteiger partial charge in [-0.3, -0.25) is 0 Å². The molecule has 5 aliphatic rings. The van der Waals surface area contributed by atoms with Gasteiger partial charge < -0.3 is 9.80 Å². The van der Waals surface area contributed by atoms with E-state index in [1.54, 1.807) is 27.8 Å². The van der Waals surface area contributed by atoms with Gasteiger partial charge in [-0.05, 0) is 125 Å². The van der Waals surface area contributed by atoms with Gasteiger partial charge in [-0.2, -0.15) is 0 Å². The van der Waals surface area contributed by atoms with Crippen LogP contribution in [-0.2, 0) is 18.3 Å². The fourth-order valence-electron chi connectivity index (χ4n) is 10.6. The van der Waals surface area contributed by atoms with Crippen molar-refractivity contribution in [3.63, 3.8) is 0 Å². The fourth-order valence-corrected chi connectivity index (χ4v) is 10.6. The molecule has 2 nitrogen and oxygen atoms in total. The molecule has 1 saturated carbocycles. The van der Waals surface area contributed by atoms with Gasteiger partial charge in [0.15, 0.2) is 0 Å². The molecule has 2 aliphatic carbocycles. The highest BCUT2D eigenvalue weighted by atomic mass is 15.3. The SMILES string of the molecule is CN1c2ccccc2B2c3cc4c(c5c3N(c3cc(-c6cccc(-c7ccccc7)c6)cc1c32)C1(C)CCCCC51C)CCCC4. The number of benzene rings is 5. The molecule has 0 bridgehead atoms. The Hall–Kier alpha value is -4.24. The van der Waals surface area contributed by atoms with Crippen LogP contribution in [-0.4, -0.2) is 19.3 Å². The van der Waals surface area contributed by atoms with Crippen LogP contribution in [0.3, 0.4) is 0 Å². The lowest BCUT2D eigenvalue weighted by molar-refractivity contribution is 0.194. The van der Waals surface area contributed by atoms with Crippen molar-refractivity contribution in [1.82, 2.24) is 0 Å². The summed E-state index contributed by atoms with van der Waals surface area (Å²) in [4.78, 5) is 5.39. The van der Waals surface area contributed by atoms with Crippen molar-refractivity contribution in [2.45, 2.75) is 76.2 Å². The molecule has 46 heavy (non-hydrogen) atoms. The summed E-state index contributed by atoms with van der Waals surface area (Å²) >= 11 is 0. The number of aryl methyl sites for hydroxylation is 1. The summed E-state index contributed by atoms with van der Waals surface area (Å²) in [5.74, 6) is 0. The predicted octanol–water partition coefficient (Wildman–Crippen LogP) is 8.55. The molecule has 226 valence electrons. The maximum absolute atomic E-state index is 2.91. The van der Waals surface area contributed by atoms with Crippen LogP contribution in [0.4, 0.5) is 22.7 Å². The van der Waals surface area contributed by atoms with Gasteiger partial charge in [0.05, 0.1) is 5.54 Å². The van der Waals surface area contributed by atoms with E-state index in [1.807, 2.05) is 0 Å². The van der Waals surface area contributed by atoms with Gasteiger partial charge in [-0.1, -0.05) is 92.6 Å². The lowest BCUT2D eigenvalue weighted by Gasteiger charge is -2.52. The summed E-state index contributed by atoms with van der Waals surface area (Å²) in [6.45, 7) is 5.53. The lowest BCUT2D eigenvalue weighted by atomic mass is 9.33. The monoisotopic (exact) mass is 596 g/mol. The summed E-state index contributed by atoms with van der Waals surface area (Å²) in [6, 6.07) is 37.0. The molecule has 0 amide bonds. The van der Waals surface area contributed by atoms with Crippen LogP contribution in [0.5, 0.6) is 0 Å². The Morgan fingerprint density at radius 3 is 2.20 bits per heavy atom. The number of fused-ring (bicyclic) bond motifs is 9. The van der Waals surface area contributed by atoms with Crippen LogP contribution >= 0.6 is 0 Å². The zero-order valence-electron chi connectivity index (χ0n) is 27.4. The quantitative estimate of drug-likeness (QED) is 0.189. The molecule has 5 aromatic rings. The van der Waals surface area contributed by atoms with Gasteiger partial charge in [0.1, 0.15) is 0 Å². The van der Waals surface area contributed by atoms with Gasteiger partial charge in [-0.15, -0.1) is 0 Å². The number of hydrogen-bond donors (Lipinski definition) is 0. The Morgan fingerprint density at radius 2 is 1.33 bits per heavy atom. The van der Waals surface area contributed by atoms with E-state index in [-0.39, 0.29) is 17.7 Å². The fraction of sp³-hybridized carbons (Fsp3) is 0.302. The number of hydrogen-bond acceptors (Lipinski definition) is 2. The first kappa shape index (κ1) is 26.9. The van der Waals surface area contributed by atoms with Gasteiger partial charge >= 0.3 is 0 Å². The zero-order valence-corrected chi connectivity index (χ0v) is 27.4. The van der Waals surface area contributed by atoms with Crippen LogP contribution in [0.1, 0.15) is 69.1 Å². The number of anilines is 4. The molecule has 2 atom stereocenters. The van der Waals surface area contributed by atoms with E-state index in [4.69, 9.17) is 0 Å². The van der Waals surface area contributed by atoms with Crippen molar-refractivity contribution < 1.29 is 0 Å². The van der Waals surface area contributed by atoms with Gasteiger partial charge in [0, 0.05) is 35.2 Å². The molecule has 1 fully saturated rings.